The molecule has 0 saturated carbocycles. The van der Waals surface area contributed by atoms with Gasteiger partial charge in [0.15, 0.2) is 5.13 Å². The second-order valence-electron chi connectivity index (χ2n) is 9.58. The number of thiazole rings is 1. The quantitative estimate of drug-likeness (QED) is 0.202. The summed E-state index contributed by atoms with van der Waals surface area (Å²) in [6.07, 6.45) is 1.40. The Labute approximate surface area is 239 Å². The molecule has 0 aliphatic carbocycles. The predicted molar refractivity (Wildman–Crippen MR) is 155 cm³/mol. The van der Waals surface area contributed by atoms with Gasteiger partial charge in [-0.1, -0.05) is 47.7 Å². The topological polar surface area (TPSA) is 156 Å². The van der Waals surface area contributed by atoms with Gasteiger partial charge in [0.05, 0.1) is 11.1 Å². The van der Waals surface area contributed by atoms with E-state index in [9.17, 15) is 13.2 Å². The monoisotopic (exact) mass is 591 g/mol. The Hall–Kier alpha value is -2.95. The molecule has 5 N–H and O–H groups in total. The molecule has 1 fully saturated rings. The Bertz CT molecular complexity index is 1360. The third kappa shape index (κ3) is 7.83. The zero-order valence-corrected chi connectivity index (χ0v) is 24.5. The number of carbonyl (C=O) groups excluding carboxylic acids is 1. The molecule has 40 heavy (non-hydrogen) atoms. The summed E-state index contributed by atoms with van der Waals surface area (Å²) in [6.45, 7) is 4.17. The number of anilines is 1. The van der Waals surface area contributed by atoms with Crippen LogP contribution in [-0.2, 0) is 16.6 Å². The number of benzene rings is 2. The van der Waals surface area contributed by atoms with E-state index in [-0.39, 0.29) is 4.88 Å². The molecule has 2 heterocycles. The van der Waals surface area contributed by atoms with Crippen molar-refractivity contribution < 1.29 is 23.6 Å². The molecule has 14 heteroatoms. The number of hydrogen-bond acceptors (Lipinski definition) is 11. The van der Waals surface area contributed by atoms with Crippen LogP contribution in [-0.4, -0.2) is 104 Å². The fourth-order valence-corrected chi connectivity index (χ4v) is 6.85. The van der Waals surface area contributed by atoms with Crippen LogP contribution in [0, 0.1) is 0 Å². The van der Waals surface area contributed by atoms with E-state index in [1.807, 2.05) is 29.2 Å². The van der Waals surface area contributed by atoms with E-state index < -0.39 is 15.9 Å². The smallest absolute Gasteiger partial charge is 0.286 e. The highest BCUT2D eigenvalue weighted by Gasteiger charge is 2.31. The number of rotatable bonds is 10. The van der Waals surface area contributed by atoms with Crippen molar-refractivity contribution >= 4 is 32.4 Å². The Kier molecular flexibility index (Phi) is 11.5. The molecule has 0 bridgehead atoms. The number of carbonyl (C=O) groups is 1. The van der Waals surface area contributed by atoms with E-state index in [4.69, 9.17) is 10.4 Å². The molecular formula is C26H37N7O5S2. The van der Waals surface area contributed by atoms with Gasteiger partial charge in [-0.05, 0) is 44.4 Å². The minimum absolute atomic E-state index is 0.289. The van der Waals surface area contributed by atoms with E-state index in [2.05, 4.69) is 54.0 Å². The summed E-state index contributed by atoms with van der Waals surface area (Å²) in [7, 11) is 2.46. The van der Waals surface area contributed by atoms with E-state index in [1.54, 1.807) is 17.6 Å². The van der Waals surface area contributed by atoms with Crippen molar-refractivity contribution in [1.29, 1.82) is 0 Å². The number of hydroxylamine groups is 1. The summed E-state index contributed by atoms with van der Waals surface area (Å²) in [5, 5.41) is 15.9. The van der Waals surface area contributed by atoms with E-state index >= 15 is 0 Å². The van der Waals surface area contributed by atoms with Gasteiger partial charge >= 0.3 is 0 Å². The maximum Gasteiger partial charge on any atom is 0.286 e. The van der Waals surface area contributed by atoms with Gasteiger partial charge in [-0.15, -0.1) is 0 Å². The molecule has 4 rings (SSSR count). The number of nitrogens with one attached hydrogen (secondary N) is 1. The summed E-state index contributed by atoms with van der Waals surface area (Å²) in [5.74, 6) is 2.89. The summed E-state index contributed by atoms with van der Waals surface area (Å²) < 4.78 is 29.0. The van der Waals surface area contributed by atoms with Crippen molar-refractivity contribution in [2.75, 3.05) is 65.3 Å². The molecule has 1 saturated heterocycles. The van der Waals surface area contributed by atoms with Crippen molar-refractivity contribution in [3.05, 3.63) is 65.2 Å². The minimum Gasteiger partial charge on any atom is -0.345 e. The Morgan fingerprint density at radius 2 is 1.75 bits per heavy atom. The Morgan fingerprint density at radius 3 is 2.42 bits per heavy atom. The molecule has 0 radical (unpaired) electrons. The van der Waals surface area contributed by atoms with Gasteiger partial charge in [0.2, 0.25) is 10.0 Å². The van der Waals surface area contributed by atoms with Crippen LogP contribution in [0.25, 0.3) is 11.1 Å². The SMILES string of the molecule is CN(C)CCN(C)Cc1cccc(-c2ccccc2S(=O)(=O)N2CCN(c3ncc(C(=O)NO)s3)CC2)c1.NO. The first-order chi connectivity index (χ1) is 19.2. The Morgan fingerprint density at radius 1 is 1.05 bits per heavy atom. The number of piperazine rings is 1. The van der Waals surface area contributed by atoms with Crippen LogP contribution < -0.4 is 16.3 Å². The zero-order chi connectivity index (χ0) is 29.3. The first kappa shape index (κ1) is 31.6. The van der Waals surface area contributed by atoms with Crippen molar-refractivity contribution in [3.63, 3.8) is 0 Å². The molecule has 0 unspecified atom stereocenters. The highest BCUT2D eigenvalue weighted by molar-refractivity contribution is 7.89. The van der Waals surface area contributed by atoms with Crippen molar-refractivity contribution in [1.82, 2.24) is 24.6 Å². The predicted octanol–water partition coefficient (Wildman–Crippen LogP) is 1.77. The van der Waals surface area contributed by atoms with Gasteiger partial charge in [0.1, 0.15) is 4.88 Å². The molecule has 3 aromatic rings. The van der Waals surface area contributed by atoms with Crippen LogP contribution in [0.15, 0.2) is 59.6 Å². The van der Waals surface area contributed by atoms with Crippen molar-refractivity contribution in [2.24, 2.45) is 5.90 Å². The average molecular weight is 592 g/mol. The van der Waals surface area contributed by atoms with Crippen LogP contribution in [0.5, 0.6) is 0 Å². The summed E-state index contributed by atoms with van der Waals surface area (Å²) in [5.41, 5.74) is 4.29. The lowest BCUT2D eigenvalue weighted by atomic mass is 10.0. The standard InChI is InChI=1S/C26H34N6O4S2.H3NO/c1-29(2)11-12-30(3)19-20-7-6-8-21(17-20)22-9-4-5-10-24(22)38(35,36)32-15-13-31(14-16-32)26-27-18-23(37-26)25(33)28-34;1-2/h4-10,17-18,34H,11-16,19H2,1-3H3,(H,28,33);2H,1H2. The number of aromatic nitrogens is 1. The fourth-order valence-electron chi connectivity index (χ4n) is 4.36. The maximum absolute atomic E-state index is 13.8. The molecule has 12 nitrogen and oxygen atoms in total. The second kappa shape index (κ2) is 14.6. The largest absolute Gasteiger partial charge is 0.345 e. The van der Waals surface area contributed by atoms with Gasteiger partial charge in [-0.2, -0.15) is 4.31 Å². The van der Waals surface area contributed by atoms with Gasteiger partial charge in [0, 0.05) is 51.4 Å². The van der Waals surface area contributed by atoms with Crippen LogP contribution in [0.3, 0.4) is 0 Å². The van der Waals surface area contributed by atoms with E-state index in [1.165, 1.54) is 10.5 Å². The number of nitrogens with zero attached hydrogens (tertiary/aromatic N) is 5. The maximum atomic E-state index is 13.8. The van der Waals surface area contributed by atoms with Crippen molar-refractivity contribution in [2.45, 2.75) is 11.4 Å². The lowest BCUT2D eigenvalue weighted by Crippen LogP contribution is -2.48. The molecule has 1 aliphatic rings. The molecule has 2 aromatic carbocycles. The van der Waals surface area contributed by atoms with Gasteiger partial charge in [-0.3, -0.25) is 10.0 Å². The molecule has 0 atom stereocenters. The first-order valence-electron chi connectivity index (χ1n) is 12.6. The van der Waals surface area contributed by atoms with Crippen LogP contribution >= 0.6 is 11.3 Å². The second-order valence-corrected chi connectivity index (χ2v) is 12.5. The number of nitrogens with two attached hydrogens (primary N) is 1. The fraction of sp³-hybridized carbons (Fsp3) is 0.385. The molecule has 1 aliphatic heterocycles. The number of amides is 1. The molecule has 1 amide bonds. The number of likely N-dealkylation sites (N-methyl/N-ethyl adjacent to an activating group) is 2. The highest BCUT2D eigenvalue weighted by atomic mass is 32.2. The molecule has 1 aromatic heterocycles. The third-order valence-corrected chi connectivity index (χ3v) is 9.47. The van der Waals surface area contributed by atoms with Crippen LogP contribution in [0.4, 0.5) is 5.13 Å². The Balaban J connectivity index is 0.00000216. The normalized spacial score (nSPS) is 14.2. The summed E-state index contributed by atoms with van der Waals surface area (Å²) >= 11 is 1.16. The zero-order valence-electron chi connectivity index (χ0n) is 22.9. The lowest BCUT2D eigenvalue weighted by molar-refractivity contribution is 0.0710. The summed E-state index contributed by atoms with van der Waals surface area (Å²) in [6, 6.07) is 15.2. The molecular weight excluding hydrogens is 554 g/mol. The number of hydrogen-bond donors (Lipinski definition) is 4. The average Bonchev–Trinajstić information content (AvgIpc) is 3.47. The van der Waals surface area contributed by atoms with E-state index in [0.29, 0.717) is 41.8 Å². The van der Waals surface area contributed by atoms with Crippen molar-refractivity contribution in [3.8, 4) is 11.1 Å². The minimum atomic E-state index is -3.74. The van der Waals surface area contributed by atoms with Gasteiger partial charge in [0.25, 0.3) is 5.91 Å². The third-order valence-electron chi connectivity index (χ3n) is 6.45. The lowest BCUT2D eigenvalue weighted by Gasteiger charge is -2.34. The van der Waals surface area contributed by atoms with Crippen LogP contribution in [0.1, 0.15) is 15.2 Å². The van der Waals surface area contributed by atoms with E-state index in [0.717, 1.165) is 42.1 Å². The summed E-state index contributed by atoms with van der Waals surface area (Å²) in [4.78, 5) is 22.8. The highest BCUT2D eigenvalue weighted by Crippen LogP contribution is 2.31. The number of sulfonamides is 1. The molecule has 218 valence electrons. The van der Waals surface area contributed by atoms with Crippen LogP contribution in [0.2, 0.25) is 0 Å². The van der Waals surface area contributed by atoms with Gasteiger partial charge < -0.3 is 19.9 Å². The molecule has 0 spiro atoms. The first-order valence-corrected chi connectivity index (χ1v) is 14.9. The van der Waals surface area contributed by atoms with Gasteiger partial charge in [-0.25, -0.2) is 24.8 Å².